The van der Waals surface area contributed by atoms with Crippen molar-refractivity contribution in [3.63, 3.8) is 0 Å². The molecule has 3 atom stereocenters. The molecule has 0 radical (unpaired) electrons. The lowest BCUT2D eigenvalue weighted by atomic mass is 10.1. The molecule has 0 aliphatic carbocycles. The summed E-state index contributed by atoms with van der Waals surface area (Å²) in [4.78, 5) is 4.15. The summed E-state index contributed by atoms with van der Waals surface area (Å²) in [5, 5.41) is 2.35. The van der Waals surface area contributed by atoms with E-state index >= 15 is 0 Å². The van der Waals surface area contributed by atoms with E-state index in [0.717, 1.165) is 37.7 Å². The summed E-state index contributed by atoms with van der Waals surface area (Å²) in [6, 6.07) is 10.8. The maximum Gasteiger partial charge on any atom is 0.158 e. The van der Waals surface area contributed by atoms with Crippen LogP contribution in [0.15, 0.2) is 55.1 Å². The zero-order valence-electron chi connectivity index (χ0n) is 18.5. The molecule has 34 heavy (non-hydrogen) atoms. The summed E-state index contributed by atoms with van der Waals surface area (Å²) in [6.45, 7) is 1.07. The quantitative estimate of drug-likeness (QED) is 0.266. The number of halogens is 4. The maximum absolute atomic E-state index is 6.43. The molecular weight excluding hydrogens is 518 g/mol. The first-order chi connectivity index (χ1) is 16.5. The van der Waals surface area contributed by atoms with E-state index in [0.29, 0.717) is 39.0 Å². The van der Waals surface area contributed by atoms with Crippen LogP contribution in [0.4, 0.5) is 0 Å². The number of imidazole rings is 1. The van der Waals surface area contributed by atoms with E-state index < -0.39 is 0 Å². The monoisotopic (exact) mass is 542 g/mol. The second kappa shape index (κ2) is 12.5. The molecular formula is C25H26Cl4N2O3. The van der Waals surface area contributed by atoms with Gasteiger partial charge in [-0.05, 0) is 68.0 Å². The van der Waals surface area contributed by atoms with Crippen molar-refractivity contribution in [2.75, 3.05) is 6.61 Å². The molecule has 0 amide bonds. The van der Waals surface area contributed by atoms with Gasteiger partial charge in [-0.25, -0.2) is 4.98 Å². The Balaban J connectivity index is 1.34. The standard InChI is InChI=1S/C25H26Cl4N2O3/c26-18-6-4-17(22(28)12-18)5-8-20(14-31-11-10-30-16-31)33-25-3-1-2-21(34-25)15-32-24-9-7-19(27)13-23(24)29/h4,6-7,9-13,16,20-21,25H,1-3,5,8,14-15H2/t20?,21-,25-/m1/s1. The smallest absolute Gasteiger partial charge is 0.158 e. The Bertz CT molecular complexity index is 1060. The Morgan fingerprint density at radius 2 is 1.82 bits per heavy atom. The molecule has 1 saturated heterocycles. The molecule has 182 valence electrons. The molecule has 0 N–H and O–H groups in total. The molecule has 2 heterocycles. The van der Waals surface area contributed by atoms with Crippen LogP contribution < -0.4 is 4.74 Å². The Morgan fingerprint density at radius 1 is 1.03 bits per heavy atom. The predicted octanol–water partition coefficient (Wildman–Crippen LogP) is 7.49. The van der Waals surface area contributed by atoms with E-state index in [9.17, 15) is 0 Å². The van der Waals surface area contributed by atoms with Crippen LogP contribution in [0.1, 0.15) is 31.2 Å². The molecule has 1 aliphatic rings. The van der Waals surface area contributed by atoms with Crippen molar-refractivity contribution in [3.05, 3.63) is 80.8 Å². The number of hydrogen-bond acceptors (Lipinski definition) is 4. The normalized spacial score (nSPS) is 19.2. The third-order valence-electron chi connectivity index (χ3n) is 5.70. The molecule has 0 bridgehead atoms. The Labute approximate surface area is 219 Å². The summed E-state index contributed by atoms with van der Waals surface area (Å²) in [5.74, 6) is 0.593. The third kappa shape index (κ3) is 7.51. The zero-order valence-corrected chi connectivity index (χ0v) is 21.5. The van der Waals surface area contributed by atoms with Gasteiger partial charge in [-0.3, -0.25) is 0 Å². The summed E-state index contributed by atoms with van der Waals surface area (Å²) < 4.78 is 20.6. The van der Waals surface area contributed by atoms with Gasteiger partial charge in [-0.2, -0.15) is 0 Å². The molecule has 5 nitrogen and oxygen atoms in total. The van der Waals surface area contributed by atoms with Gasteiger partial charge in [-0.15, -0.1) is 0 Å². The number of rotatable bonds is 10. The topological polar surface area (TPSA) is 45.5 Å². The average molecular weight is 544 g/mol. The van der Waals surface area contributed by atoms with E-state index in [2.05, 4.69) is 4.98 Å². The molecule has 9 heteroatoms. The molecule has 1 fully saturated rings. The minimum absolute atomic E-state index is 0.0728. The second-order valence-corrected chi connectivity index (χ2v) is 9.98. The summed E-state index contributed by atoms with van der Waals surface area (Å²) >= 11 is 24.6. The highest BCUT2D eigenvalue weighted by Gasteiger charge is 2.26. The number of nitrogens with zero attached hydrogens (tertiary/aromatic N) is 2. The third-order valence-corrected chi connectivity index (χ3v) is 6.81. The van der Waals surface area contributed by atoms with Gasteiger partial charge in [0.2, 0.25) is 0 Å². The van der Waals surface area contributed by atoms with Crippen LogP contribution in [0.3, 0.4) is 0 Å². The van der Waals surface area contributed by atoms with Gasteiger partial charge >= 0.3 is 0 Å². The Kier molecular flexibility index (Phi) is 9.40. The van der Waals surface area contributed by atoms with Gasteiger partial charge in [-0.1, -0.05) is 52.5 Å². The lowest BCUT2D eigenvalue weighted by Gasteiger charge is -2.32. The highest BCUT2D eigenvalue weighted by Crippen LogP contribution is 2.29. The van der Waals surface area contributed by atoms with Gasteiger partial charge in [0.1, 0.15) is 12.4 Å². The molecule has 3 aromatic rings. The number of aromatic nitrogens is 2. The molecule has 1 aliphatic heterocycles. The maximum atomic E-state index is 6.43. The fourth-order valence-corrected chi connectivity index (χ4v) is 4.91. The first-order valence-electron chi connectivity index (χ1n) is 11.2. The first kappa shape index (κ1) is 25.6. The molecule has 1 unspecified atom stereocenters. The predicted molar refractivity (Wildman–Crippen MR) is 136 cm³/mol. The first-order valence-corrected chi connectivity index (χ1v) is 12.8. The van der Waals surface area contributed by atoms with Crippen molar-refractivity contribution in [2.45, 2.75) is 57.1 Å². The van der Waals surface area contributed by atoms with Gasteiger partial charge in [0.25, 0.3) is 0 Å². The Hall–Kier alpha value is -1.47. The van der Waals surface area contributed by atoms with Crippen molar-refractivity contribution in [3.8, 4) is 5.75 Å². The van der Waals surface area contributed by atoms with E-state index in [1.807, 2.05) is 22.9 Å². The molecule has 0 saturated carbocycles. The van der Waals surface area contributed by atoms with Crippen LogP contribution >= 0.6 is 46.4 Å². The van der Waals surface area contributed by atoms with Crippen LogP contribution in [-0.4, -0.2) is 34.7 Å². The minimum Gasteiger partial charge on any atom is -0.489 e. The van der Waals surface area contributed by atoms with Crippen molar-refractivity contribution in [1.29, 1.82) is 0 Å². The van der Waals surface area contributed by atoms with Crippen molar-refractivity contribution in [1.82, 2.24) is 9.55 Å². The average Bonchev–Trinajstić information content (AvgIpc) is 3.31. The fourth-order valence-electron chi connectivity index (χ4n) is 3.95. The van der Waals surface area contributed by atoms with Crippen LogP contribution in [0.5, 0.6) is 5.75 Å². The number of hydrogen-bond donors (Lipinski definition) is 0. The van der Waals surface area contributed by atoms with Crippen molar-refractivity contribution >= 4 is 46.4 Å². The lowest BCUT2D eigenvalue weighted by molar-refractivity contribution is -0.222. The van der Waals surface area contributed by atoms with Crippen LogP contribution in [0.25, 0.3) is 0 Å². The van der Waals surface area contributed by atoms with Gasteiger partial charge in [0.15, 0.2) is 6.29 Å². The summed E-state index contributed by atoms with van der Waals surface area (Å²) in [6.07, 6.45) is 9.30. The van der Waals surface area contributed by atoms with Crippen LogP contribution in [-0.2, 0) is 22.4 Å². The number of ether oxygens (including phenoxy) is 3. The van der Waals surface area contributed by atoms with E-state index in [4.69, 9.17) is 60.6 Å². The van der Waals surface area contributed by atoms with Crippen molar-refractivity contribution < 1.29 is 14.2 Å². The van der Waals surface area contributed by atoms with Gasteiger partial charge in [0.05, 0.1) is 23.6 Å². The molecule has 0 spiro atoms. The van der Waals surface area contributed by atoms with Gasteiger partial charge < -0.3 is 18.8 Å². The second-order valence-electron chi connectivity index (χ2n) is 8.30. The zero-order chi connectivity index (χ0) is 23.9. The minimum atomic E-state index is -0.308. The highest BCUT2D eigenvalue weighted by molar-refractivity contribution is 6.35. The van der Waals surface area contributed by atoms with Crippen LogP contribution in [0.2, 0.25) is 20.1 Å². The number of aryl methyl sites for hydroxylation is 1. The SMILES string of the molecule is Clc1ccc(CCC(Cn2ccnc2)O[C@H]2CCC[C@H](COc3ccc(Cl)cc3Cl)O2)c(Cl)c1. The lowest BCUT2D eigenvalue weighted by Crippen LogP contribution is -2.37. The number of benzene rings is 2. The molecule has 1 aromatic heterocycles. The van der Waals surface area contributed by atoms with E-state index in [1.54, 1.807) is 36.8 Å². The Morgan fingerprint density at radius 3 is 2.56 bits per heavy atom. The summed E-state index contributed by atoms with van der Waals surface area (Å²) in [7, 11) is 0. The largest absolute Gasteiger partial charge is 0.489 e. The summed E-state index contributed by atoms with van der Waals surface area (Å²) in [5.41, 5.74) is 1.04. The van der Waals surface area contributed by atoms with Crippen LogP contribution in [0, 0.1) is 0 Å². The molecule has 2 aromatic carbocycles. The van der Waals surface area contributed by atoms with Crippen molar-refractivity contribution in [2.24, 2.45) is 0 Å². The van der Waals surface area contributed by atoms with Gasteiger partial charge in [0, 0.05) is 34.0 Å². The van der Waals surface area contributed by atoms with E-state index in [1.165, 1.54) is 0 Å². The van der Waals surface area contributed by atoms with E-state index in [-0.39, 0.29) is 18.5 Å². The fraction of sp³-hybridized carbons (Fsp3) is 0.400. The molecule has 4 rings (SSSR count). The highest BCUT2D eigenvalue weighted by atomic mass is 35.5.